The minimum absolute atomic E-state index is 0.0774. The van der Waals surface area contributed by atoms with E-state index < -0.39 is 0 Å². The predicted octanol–water partition coefficient (Wildman–Crippen LogP) is 1.06. The Kier molecular flexibility index (Phi) is 4.37. The number of carbonyl (C=O) groups excluding carboxylic acids is 1. The third-order valence-electron chi connectivity index (χ3n) is 3.65. The molecule has 104 valence electrons. The Morgan fingerprint density at radius 1 is 1.47 bits per heavy atom. The molecule has 0 radical (unpaired) electrons. The van der Waals surface area contributed by atoms with E-state index in [1.165, 1.54) is 12.3 Å². The molecule has 1 saturated carbocycles. The number of aliphatic hydroxyl groups excluding tert-OH is 1. The van der Waals surface area contributed by atoms with E-state index in [0.29, 0.717) is 0 Å². The third kappa shape index (κ3) is 3.04. The van der Waals surface area contributed by atoms with E-state index in [1.807, 2.05) is 0 Å². The Morgan fingerprint density at radius 3 is 2.74 bits per heavy atom. The highest BCUT2D eigenvalue weighted by atomic mass is 16.3. The Hall–Kier alpha value is -1.62. The maximum absolute atomic E-state index is 12.4. The number of nitrogens with one attached hydrogen (secondary N) is 1. The van der Waals surface area contributed by atoms with Crippen LogP contribution in [-0.2, 0) is 0 Å². The molecule has 1 amide bonds. The quantitative estimate of drug-likeness (QED) is 0.854. The van der Waals surface area contributed by atoms with Gasteiger partial charge >= 0.3 is 0 Å². The second-order valence-corrected chi connectivity index (χ2v) is 5.05. The van der Waals surface area contributed by atoms with Crippen molar-refractivity contribution in [1.82, 2.24) is 9.88 Å². The van der Waals surface area contributed by atoms with Crippen molar-refractivity contribution in [2.24, 2.45) is 0 Å². The number of pyridine rings is 1. The Morgan fingerprint density at radius 2 is 2.16 bits per heavy atom. The van der Waals surface area contributed by atoms with Gasteiger partial charge in [-0.15, -0.1) is 0 Å². The van der Waals surface area contributed by atoms with E-state index in [0.717, 1.165) is 31.4 Å². The first-order valence-corrected chi connectivity index (χ1v) is 6.74. The molecule has 0 saturated heterocycles. The van der Waals surface area contributed by atoms with Crippen LogP contribution in [0.4, 0.5) is 0 Å². The van der Waals surface area contributed by atoms with Crippen LogP contribution in [0.2, 0.25) is 0 Å². The number of hydrogen-bond acceptors (Lipinski definition) is 3. The van der Waals surface area contributed by atoms with Crippen LogP contribution >= 0.6 is 0 Å². The summed E-state index contributed by atoms with van der Waals surface area (Å²) in [6.07, 6.45) is 5.58. The number of carbonyl (C=O) groups is 1. The topological polar surface area (TPSA) is 73.4 Å². The number of aryl methyl sites for hydroxylation is 1. The van der Waals surface area contributed by atoms with Crippen molar-refractivity contribution in [1.29, 1.82) is 0 Å². The molecular weight excluding hydrogens is 244 g/mol. The SMILES string of the molecule is Cc1cc(=O)c(C(=O)N(CCO)C2CCCC2)c[nH]1. The van der Waals surface area contributed by atoms with Crippen molar-refractivity contribution >= 4 is 5.91 Å². The molecule has 1 heterocycles. The molecule has 1 aromatic rings. The van der Waals surface area contributed by atoms with Gasteiger partial charge in [-0.2, -0.15) is 0 Å². The van der Waals surface area contributed by atoms with Gasteiger partial charge in [0.15, 0.2) is 5.43 Å². The van der Waals surface area contributed by atoms with E-state index in [4.69, 9.17) is 5.11 Å². The van der Waals surface area contributed by atoms with E-state index >= 15 is 0 Å². The van der Waals surface area contributed by atoms with Crippen LogP contribution in [-0.4, -0.2) is 40.1 Å². The second-order valence-electron chi connectivity index (χ2n) is 5.05. The number of hydrogen-bond donors (Lipinski definition) is 2. The molecule has 0 spiro atoms. The van der Waals surface area contributed by atoms with Gasteiger partial charge < -0.3 is 15.0 Å². The number of amides is 1. The van der Waals surface area contributed by atoms with Gasteiger partial charge in [0.25, 0.3) is 5.91 Å². The predicted molar refractivity (Wildman–Crippen MR) is 72.2 cm³/mol. The zero-order chi connectivity index (χ0) is 13.8. The Labute approximate surface area is 112 Å². The zero-order valence-corrected chi connectivity index (χ0v) is 11.2. The number of aromatic amines is 1. The van der Waals surface area contributed by atoms with Crippen LogP contribution in [0.25, 0.3) is 0 Å². The first-order valence-electron chi connectivity index (χ1n) is 6.74. The lowest BCUT2D eigenvalue weighted by molar-refractivity contribution is 0.0636. The maximum atomic E-state index is 12.4. The second kappa shape index (κ2) is 6.02. The highest BCUT2D eigenvalue weighted by molar-refractivity contribution is 5.94. The summed E-state index contributed by atoms with van der Waals surface area (Å²) in [7, 11) is 0. The lowest BCUT2D eigenvalue weighted by Gasteiger charge is -2.28. The fourth-order valence-electron chi connectivity index (χ4n) is 2.67. The molecule has 0 aromatic carbocycles. The van der Waals surface area contributed by atoms with Crippen molar-refractivity contribution in [3.8, 4) is 0 Å². The van der Waals surface area contributed by atoms with Crippen molar-refractivity contribution < 1.29 is 9.90 Å². The van der Waals surface area contributed by atoms with Gasteiger partial charge in [-0.05, 0) is 19.8 Å². The molecule has 1 aromatic heterocycles. The van der Waals surface area contributed by atoms with Crippen LogP contribution in [0, 0.1) is 6.92 Å². The fourth-order valence-corrected chi connectivity index (χ4v) is 2.67. The molecular formula is C14H20N2O3. The molecule has 0 unspecified atom stereocenters. The first kappa shape index (κ1) is 13.8. The van der Waals surface area contributed by atoms with Crippen LogP contribution in [0.1, 0.15) is 41.7 Å². The lowest BCUT2D eigenvalue weighted by atomic mass is 10.1. The smallest absolute Gasteiger partial charge is 0.259 e. The van der Waals surface area contributed by atoms with Crippen LogP contribution in [0.3, 0.4) is 0 Å². The van der Waals surface area contributed by atoms with E-state index in [2.05, 4.69) is 4.98 Å². The largest absolute Gasteiger partial charge is 0.395 e. The molecule has 1 aliphatic carbocycles. The average molecular weight is 264 g/mol. The van der Waals surface area contributed by atoms with Gasteiger partial charge in [0.2, 0.25) is 0 Å². The minimum Gasteiger partial charge on any atom is -0.395 e. The molecule has 0 atom stereocenters. The maximum Gasteiger partial charge on any atom is 0.259 e. The highest BCUT2D eigenvalue weighted by Gasteiger charge is 2.28. The lowest BCUT2D eigenvalue weighted by Crippen LogP contribution is -2.42. The summed E-state index contributed by atoms with van der Waals surface area (Å²) < 4.78 is 0. The summed E-state index contributed by atoms with van der Waals surface area (Å²) in [6, 6.07) is 1.58. The minimum atomic E-state index is -0.276. The molecule has 1 fully saturated rings. The van der Waals surface area contributed by atoms with Crippen LogP contribution in [0.5, 0.6) is 0 Å². The molecule has 0 bridgehead atoms. The fraction of sp³-hybridized carbons (Fsp3) is 0.571. The van der Waals surface area contributed by atoms with Crippen LogP contribution in [0.15, 0.2) is 17.1 Å². The summed E-state index contributed by atoms with van der Waals surface area (Å²) in [5.74, 6) is -0.276. The van der Waals surface area contributed by atoms with Crippen molar-refractivity contribution in [2.45, 2.75) is 38.6 Å². The molecule has 1 aliphatic rings. The number of nitrogens with zero attached hydrogens (tertiary/aromatic N) is 1. The normalized spacial score (nSPS) is 15.7. The van der Waals surface area contributed by atoms with Gasteiger partial charge in [-0.25, -0.2) is 0 Å². The van der Waals surface area contributed by atoms with Gasteiger partial charge in [-0.3, -0.25) is 9.59 Å². The van der Waals surface area contributed by atoms with Crippen LogP contribution < -0.4 is 5.43 Å². The van der Waals surface area contributed by atoms with E-state index in [9.17, 15) is 9.59 Å². The van der Waals surface area contributed by atoms with Crippen molar-refractivity contribution in [3.05, 3.63) is 33.7 Å². The Balaban J connectivity index is 2.25. The summed E-state index contributed by atoms with van der Waals surface area (Å²) in [4.78, 5) is 28.9. The standard InChI is InChI=1S/C14H20N2O3/c1-10-8-13(18)12(9-15-10)14(19)16(6-7-17)11-4-2-3-5-11/h8-9,11,17H,2-7H2,1H3,(H,15,18). The molecule has 5 heteroatoms. The molecule has 2 rings (SSSR count). The average Bonchev–Trinajstić information content (AvgIpc) is 2.89. The first-order chi connectivity index (χ1) is 9.13. The van der Waals surface area contributed by atoms with Crippen molar-refractivity contribution in [3.63, 3.8) is 0 Å². The molecule has 2 N–H and O–H groups in total. The summed E-state index contributed by atoms with van der Waals surface area (Å²) in [5.41, 5.74) is 0.629. The molecule has 19 heavy (non-hydrogen) atoms. The number of aliphatic hydroxyl groups is 1. The van der Waals surface area contributed by atoms with Gasteiger partial charge in [0, 0.05) is 30.5 Å². The monoisotopic (exact) mass is 264 g/mol. The van der Waals surface area contributed by atoms with E-state index in [1.54, 1.807) is 11.8 Å². The number of H-pyrrole nitrogens is 1. The third-order valence-corrected chi connectivity index (χ3v) is 3.65. The zero-order valence-electron chi connectivity index (χ0n) is 11.2. The number of aromatic nitrogens is 1. The summed E-state index contributed by atoms with van der Waals surface area (Å²) in [6.45, 7) is 1.99. The molecule has 0 aliphatic heterocycles. The van der Waals surface area contributed by atoms with Crippen molar-refractivity contribution in [2.75, 3.05) is 13.2 Å². The Bertz CT molecular complexity index is 504. The summed E-state index contributed by atoms with van der Waals surface area (Å²) in [5, 5.41) is 9.13. The van der Waals surface area contributed by atoms with Gasteiger partial charge in [0.05, 0.1) is 6.61 Å². The van der Waals surface area contributed by atoms with Gasteiger partial charge in [0.1, 0.15) is 5.56 Å². The molecule has 5 nitrogen and oxygen atoms in total. The summed E-state index contributed by atoms with van der Waals surface area (Å²) >= 11 is 0. The number of rotatable bonds is 4. The van der Waals surface area contributed by atoms with Gasteiger partial charge in [-0.1, -0.05) is 12.8 Å². The highest BCUT2D eigenvalue weighted by Crippen LogP contribution is 2.24. The van der Waals surface area contributed by atoms with E-state index in [-0.39, 0.29) is 36.1 Å².